The molecule has 0 heterocycles. The van der Waals surface area contributed by atoms with Crippen LogP contribution in [0.3, 0.4) is 0 Å². The van der Waals surface area contributed by atoms with Gasteiger partial charge in [0, 0.05) is 12.1 Å². The third-order valence-electron chi connectivity index (χ3n) is 2.32. The van der Waals surface area contributed by atoms with Crippen molar-refractivity contribution in [3.63, 3.8) is 0 Å². The Bertz CT molecular complexity index is 474. The van der Waals surface area contributed by atoms with Gasteiger partial charge in [0.2, 0.25) is 5.91 Å². The molecule has 0 saturated carbocycles. The number of carboxylic acids is 1. The average Bonchev–Trinajstić information content (AvgIpc) is 2.29. The fourth-order valence-electron chi connectivity index (χ4n) is 1.52. The number of nitrogens with zero attached hydrogens (tertiary/aromatic N) is 1. The van der Waals surface area contributed by atoms with E-state index in [1.54, 1.807) is 29.2 Å². The molecule has 1 aromatic rings. The molecule has 18 heavy (non-hydrogen) atoms. The number of aliphatic carboxylic acids is 1. The van der Waals surface area contributed by atoms with E-state index in [9.17, 15) is 9.59 Å². The zero-order chi connectivity index (χ0) is 13.5. The number of carbonyl (C=O) groups excluding carboxylic acids is 1. The summed E-state index contributed by atoms with van der Waals surface area (Å²) in [5.41, 5.74) is 6.41. The average molecular weight is 246 g/mol. The van der Waals surface area contributed by atoms with Crippen molar-refractivity contribution in [2.45, 2.75) is 6.54 Å². The molecule has 5 heteroatoms. The van der Waals surface area contributed by atoms with Gasteiger partial charge in [-0.05, 0) is 17.7 Å². The SMILES string of the molecule is C#CCN(CC(=O)O)Cc1ccc(C(N)=O)cc1. The summed E-state index contributed by atoms with van der Waals surface area (Å²) in [6.07, 6.45) is 5.18. The van der Waals surface area contributed by atoms with E-state index >= 15 is 0 Å². The highest BCUT2D eigenvalue weighted by Gasteiger charge is 2.09. The van der Waals surface area contributed by atoms with E-state index in [1.807, 2.05) is 0 Å². The second-order valence-corrected chi connectivity index (χ2v) is 3.80. The lowest BCUT2D eigenvalue weighted by atomic mass is 10.1. The molecule has 1 amide bonds. The molecule has 1 rings (SSSR count). The first-order chi connectivity index (χ1) is 8.52. The zero-order valence-corrected chi connectivity index (χ0v) is 9.80. The summed E-state index contributed by atoms with van der Waals surface area (Å²) in [7, 11) is 0. The molecule has 0 fully saturated rings. The van der Waals surface area contributed by atoms with E-state index in [2.05, 4.69) is 5.92 Å². The van der Waals surface area contributed by atoms with Gasteiger partial charge in [-0.3, -0.25) is 14.5 Å². The maximum atomic E-state index is 10.9. The van der Waals surface area contributed by atoms with Gasteiger partial charge in [-0.25, -0.2) is 0 Å². The minimum Gasteiger partial charge on any atom is -0.480 e. The number of hydrogen-bond donors (Lipinski definition) is 2. The van der Waals surface area contributed by atoms with Crippen molar-refractivity contribution in [1.82, 2.24) is 4.90 Å². The van der Waals surface area contributed by atoms with Crippen molar-refractivity contribution in [2.24, 2.45) is 5.73 Å². The fourth-order valence-corrected chi connectivity index (χ4v) is 1.52. The number of nitrogens with two attached hydrogens (primary N) is 1. The van der Waals surface area contributed by atoms with E-state index in [0.29, 0.717) is 12.1 Å². The normalized spacial score (nSPS) is 10.0. The summed E-state index contributed by atoms with van der Waals surface area (Å²) < 4.78 is 0. The van der Waals surface area contributed by atoms with Crippen molar-refractivity contribution in [3.05, 3.63) is 35.4 Å². The Labute approximate surface area is 105 Å². The first-order valence-electron chi connectivity index (χ1n) is 5.29. The molecule has 0 atom stereocenters. The predicted molar refractivity (Wildman–Crippen MR) is 66.7 cm³/mol. The number of terminal acetylenes is 1. The van der Waals surface area contributed by atoms with Crippen LogP contribution in [0.2, 0.25) is 0 Å². The molecule has 0 spiro atoms. The Hall–Kier alpha value is -2.32. The van der Waals surface area contributed by atoms with Crippen LogP contribution in [-0.2, 0) is 11.3 Å². The van der Waals surface area contributed by atoms with E-state index in [4.69, 9.17) is 17.3 Å². The standard InChI is InChI=1S/C13H14N2O3/c1-2-7-15(9-12(16)17)8-10-3-5-11(6-4-10)13(14)18/h1,3-6H,7-9H2,(H2,14,18)(H,16,17). The highest BCUT2D eigenvalue weighted by molar-refractivity contribution is 5.92. The van der Waals surface area contributed by atoms with Crippen molar-refractivity contribution in [2.75, 3.05) is 13.1 Å². The maximum absolute atomic E-state index is 10.9. The number of benzene rings is 1. The van der Waals surface area contributed by atoms with Crippen LogP contribution in [0.5, 0.6) is 0 Å². The highest BCUT2D eigenvalue weighted by Crippen LogP contribution is 2.07. The molecule has 1 aromatic carbocycles. The lowest BCUT2D eigenvalue weighted by molar-refractivity contribution is -0.138. The Morgan fingerprint density at radius 3 is 2.39 bits per heavy atom. The van der Waals surface area contributed by atoms with Crippen LogP contribution in [0.4, 0.5) is 0 Å². The van der Waals surface area contributed by atoms with Crippen LogP contribution in [0.15, 0.2) is 24.3 Å². The van der Waals surface area contributed by atoms with Crippen LogP contribution in [0.1, 0.15) is 15.9 Å². The van der Waals surface area contributed by atoms with Crippen LogP contribution in [0.25, 0.3) is 0 Å². The summed E-state index contributed by atoms with van der Waals surface area (Å²) in [6.45, 7) is 0.543. The Kier molecular flexibility index (Phi) is 4.90. The molecule has 0 aliphatic heterocycles. The van der Waals surface area contributed by atoms with Crippen LogP contribution in [0, 0.1) is 12.3 Å². The Morgan fingerprint density at radius 1 is 1.33 bits per heavy atom. The van der Waals surface area contributed by atoms with Gasteiger partial charge in [-0.15, -0.1) is 6.42 Å². The quantitative estimate of drug-likeness (QED) is 0.707. The van der Waals surface area contributed by atoms with Crippen molar-refractivity contribution in [3.8, 4) is 12.3 Å². The molecule has 0 saturated heterocycles. The van der Waals surface area contributed by atoms with Gasteiger partial charge in [0.05, 0.1) is 13.1 Å². The van der Waals surface area contributed by atoms with Gasteiger partial charge < -0.3 is 10.8 Å². The monoisotopic (exact) mass is 246 g/mol. The van der Waals surface area contributed by atoms with E-state index in [0.717, 1.165) is 5.56 Å². The van der Waals surface area contributed by atoms with Gasteiger partial charge in [0.15, 0.2) is 0 Å². The number of hydrogen-bond acceptors (Lipinski definition) is 3. The van der Waals surface area contributed by atoms with Crippen LogP contribution >= 0.6 is 0 Å². The fraction of sp³-hybridized carbons (Fsp3) is 0.231. The number of amides is 1. The summed E-state index contributed by atoms with van der Waals surface area (Å²) in [5.74, 6) is 0.987. The van der Waals surface area contributed by atoms with Crippen molar-refractivity contribution >= 4 is 11.9 Å². The van der Waals surface area contributed by atoms with Crippen LogP contribution < -0.4 is 5.73 Å². The number of carbonyl (C=O) groups is 2. The van der Waals surface area contributed by atoms with Crippen LogP contribution in [-0.4, -0.2) is 35.0 Å². The second-order valence-electron chi connectivity index (χ2n) is 3.80. The third kappa shape index (κ3) is 4.28. The zero-order valence-electron chi connectivity index (χ0n) is 9.80. The predicted octanol–water partition coefficient (Wildman–Crippen LogP) is 0.305. The largest absolute Gasteiger partial charge is 0.480 e. The van der Waals surface area contributed by atoms with Gasteiger partial charge in [-0.2, -0.15) is 0 Å². The Balaban J connectivity index is 2.72. The molecule has 0 aliphatic carbocycles. The maximum Gasteiger partial charge on any atom is 0.317 e. The Morgan fingerprint density at radius 2 is 1.94 bits per heavy atom. The topological polar surface area (TPSA) is 83.6 Å². The molecule has 0 aliphatic rings. The van der Waals surface area contributed by atoms with Crippen molar-refractivity contribution < 1.29 is 14.7 Å². The summed E-state index contributed by atoms with van der Waals surface area (Å²) in [4.78, 5) is 23.1. The van der Waals surface area contributed by atoms with Gasteiger partial charge in [-0.1, -0.05) is 18.1 Å². The molecule has 5 nitrogen and oxygen atoms in total. The lowest BCUT2D eigenvalue weighted by Crippen LogP contribution is -2.29. The number of primary amides is 1. The minimum atomic E-state index is -0.931. The lowest BCUT2D eigenvalue weighted by Gasteiger charge is -2.17. The minimum absolute atomic E-state index is 0.123. The summed E-state index contributed by atoms with van der Waals surface area (Å²) in [5, 5.41) is 8.73. The molecular weight excluding hydrogens is 232 g/mol. The van der Waals surface area contributed by atoms with E-state index in [-0.39, 0.29) is 13.1 Å². The molecule has 94 valence electrons. The summed E-state index contributed by atoms with van der Waals surface area (Å²) >= 11 is 0. The molecule has 0 radical (unpaired) electrons. The third-order valence-corrected chi connectivity index (χ3v) is 2.32. The molecule has 0 aromatic heterocycles. The first-order valence-corrected chi connectivity index (χ1v) is 5.29. The molecule has 0 bridgehead atoms. The smallest absolute Gasteiger partial charge is 0.317 e. The van der Waals surface area contributed by atoms with E-state index in [1.165, 1.54) is 0 Å². The molecular formula is C13H14N2O3. The molecule has 0 unspecified atom stereocenters. The number of carboxylic acid groups (broad SMARTS) is 1. The number of rotatable bonds is 6. The van der Waals surface area contributed by atoms with Gasteiger partial charge in [0.25, 0.3) is 0 Å². The second kappa shape index (κ2) is 6.42. The molecule has 3 N–H and O–H groups in total. The van der Waals surface area contributed by atoms with Gasteiger partial charge >= 0.3 is 5.97 Å². The first kappa shape index (κ1) is 13.7. The van der Waals surface area contributed by atoms with E-state index < -0.39 is 11.9 Å². The van der Waals surface area contributed by atoms with Crippen molar-refractivity contribution in [1.29, 1.82) is 0 Å². The highest BCUT2D eigenvalue weighted by atomic mass is 16.4. The summed E-state index contributed by atoms with van der Waals surface area (Å²) in [6, 6.07) is 6.66. The van der Waals surface area contributed by atoms with Gasteiger partial charge in [0.1, 0.15) is 0 Å².